The van der Waals surface area contributed by atoms with Crippen molar-refractivity contribution < 1.29 is 23.9 Å². The zero-order valence-corrected chi connectivity index (χ0v) is 15.1. The highest BCUT2D eigenvalue weighted by Gasteiger charge is 2.44. The minimum absolute atomic E-state index is 0.249. The van der Waals surface area contributed by atoms with Gasteiger partial charge in [0, 0.05) is 12.0 Å². The maximum atomic E-state index is 12.3. The van der Waals surface area contributed by atoms with Crippen LogP contribution >= 0.6 is 0 Å². The van der Waals surface area contributed by atoms with E-state index in [9.17, 15) is 14.4 Å². The van der Waals surface area contributed by atoms with Crippen molar-refractivity contribution in [1.82, 2.24) is 0 Å². The van der Waals surface area contributed by atoms with E-state index in [4.69, 9.17) is 9.47 Å². The zero-order valence-electron chi connectivity index (χ0n) is 15.1. The largest absolute Gasteiger partial charge is 0.461 e. The number of carbonyl (C=O) groups is 3. The van der Waals surface area contributed by atoms with Gasteiger partial charge in [0.15, 0.2) is 0 Å². The van der Waals surface area contributed by atoms with Crippen LogP contribution in [0.15, 0.2) is 35.5 Å². The van der Waals surface area contributed by atoms with Crippen molar-refractivity contribution in [1.29, 1.82) is 0 Å². The van der Waals surface area contributed by atoms with Crippen molar-refractivity contribution in [2.75, 3.05) is 0 Å². The summed E-state index contributed by atoms with van der Waals surface area (Å²) in [4.78, 5) is 35.8. The summed E-state index contributed by atoms with van der Waals surface area (Å²) in [6, 6.07) is 0. The smallest absolute Gasteiger partial charge is 0.334 e. The number of aldehydes is 1. The summed E-state index contributed by atoms with van der Waals surface area (Å²) in [5.74, 6) is -1.53. The maximum Gasteiger partial charge on any atom is 0.334 e. The van der Waals surface area contributed by atoms with Gasteiger partial charge in [-0.3, -0.25) is 9.59 Å². The Balaban J connectivity index is 2.39. The lowest BCUT2D eigenvalue weighted by Crippen LogP contribution is -2.35. The molecule has 5 nitrogen and oxygen atoms in total. The van der Waals surface area contributed by atoms with Gasteiger partial charge in [0.05, 0.1) is 11.8 Å². The van der Waals surface area contributed by atoms with Crippen LogP contribution in [0.5, 0.6) is 0 Å². The molecule has 2 aliphatic rings. The molecule has 1 fully saturated rings. The van der Waals surface area contributed by atoms with E-state index in [2.05, 4.69) is 6.58 Å². The molecule has 0 saturated carbocycles. The van der Waals surface area contributed by atoms with Gasteiger partial charge in [-0.15, -0.1) is 0 Å². The predicted molar refractivity (Wildman–Crippen MR) is 93.6 cm³/mol. The van der Waals surface area contributed by atoms with Gasteiger partial charge in [-0.1, -0.05) is 32.1 Å². The lowest BCUT2D eigenvalue weighted by atomic mass is 9.85. The molecule has 1 saturated heterocycles. The Labute approximate surface area is 148 Å². The fraction of sp³-hybridized carbons (Fsp3) is 0.550. The lowest BCUT2D eigenvalue weighted by molar-refractivity contribution is -0.156. The van der Waals surface area contributed by atoms with Gasteiger partial charge < -0.3 is 9.47 Å². The quantitative estimate of drug-likeness (QED) is 0.338. The molecular weight excluding hydrogens is 320 g/mol. The van der Waals surface area contributed by atoms with E-state index in [0.29, 0.717) is 24.0 Å². The molecule has 1 aliphatic carbocycles. The molecule has 1 aliphatic heterocycles. The predicted octanol–water partition coefficient (Wildman–Crippen LogP) is 3.30. The lowest BCUT2D eigenvalue weighted by Gasteiger charge is -2.28. The number of ether oxygens (including phenoxy) is 2. The molecule has 0 aromatic carbocycles. The second kappa shape index (κ2) is 8.28. The average Bonchev–Trinajstić information content (AvgIpc) is 2.85. The molecule has 0 bridgehead atoms. The molecule has 0 amide bonds. The Morgan fingerprint density at radius 3 is 2.88 bits per heavy atom. The first kappa shape index (κ1) is 19.2. The summed E-state index contributed by atoms with van der Waals surface area (Å²) in [6.45, 7) is 9.51. The normalized spacial score (nSPS) is 32.4. The van der Waals surface area contributed by atoms with Crippen LogP contribution in [-0.2, 0) is 23.9 Å². The summed E-state index contributed by atoms with van der Waals surface area (Å²) < 4.78 is 11.1. The molecule has 1 heterocycles. The number of carbonyl (C=O) groups excluding carboxylic acids is 3. The molecule has 136 valence electrons. The summed E-state index contributed by atoms with van der Waals surface area (Å²) in [5, 5.41) is 0. The topological polar surface area (TPSA) is 69.7 Å². The monoisotopic (exact) mass is 346 g/mol. The van der Waals surface area contributed by atoms with Crippen LogP contribution in [0.2, 0.25) is 0 Å². The molecular formula is C20H26O5. The highest BCUT2D eigenvalue weighted by Crippen LogP contribution is 2.36. The number of esters is 2. The Bertz CT molecular complexity index is 628. The third-order valence-electron chi connectivity index (χ3n) is 4.93. The molecule has 2 rings (SSSR count). The zero-order chi connectivity index (χ0) is 18.6. The van der Waals surface area contributed by atoms with Crippen molar-refractivity contribution in [2.45, 2.75) is 58.7 Å². The fourth-order valence-electron chi connectivity index (χ4n) is 3.12. The van der Waals surface area contributed by atoms with Crippen molar-refractivity contribution in [3.05, 3.63) is 35.5 Å². The van der Waals surface area contributed by atoms with E-state index < -0.39 is 24.1 Å². The minimum Gasteiger partial charge on any atom is -0.461 e. The summed E-state index contributed by atoms with van der Waals surface area (Å²) in [7, 11) is 0. The van der Waals surface area contributed by atoms with Crippen LogP contribution in [-0.4, -0.2) is 30.4 Å². The van der Waals surface area contributed by atoms with Gasteiger partial charge in [0.25, 0.3) is 0 Å². The first-order valence-electron chi connectivity index (χ1n) is 8.79. The van der Waals surface area contributed by atoms with Gasteiger partial charge in [0.2, 0.25) is 0 Å². The molecule has 0 spiro atoms. The number of rotatable bonds is 4. The minimum atomic E-state index is -0.649. The summed E-state index contributed by atoms with van der Waals surface area (Å²) >= 11 is 0. The third-order valence-corrected chi connectivity index (χ3v) is 4.93. The van der Waals surface area contributed by atoms with E-state index in [0.717, 1.165) is 18.3 Å². The van der Waals surface area contributed by atoms with Gasteiger partial charge >= 0.3 is 11.9 Å². The number of hydrogen-bond acceptors (Lipinski definition) is 5. The van der Waals surface area contributed by atoms with E-state index in [1.165, 1.54) is 0 Å². The standard InChI is InChI=1S/C20H26O5/c1-5-13(3)19(22)24-17-10-15(11-21)8-6-7-12(2)9-16-18(17)14(4)20(23)25-16/h8-9,11,13,16-18H,4-7,10H2,1-3H3/b12-9-,15-8+/t13-,16-,17-,18+/m1/s1. The molecule has 0 aromatic heterocycles. The molecule has 4 atom stereocenters. The summed E-state index contributed by atoms with van der Waals surface area (Å²) in [6.07, 6.45) is 5.82. The Morgan fingerprint density at radius 2 is 2.24 bits per heavy atom. The van der Waals surface area contributed by atoms with E-state index in [1.807, 2.05) is 26.0 Å². The highest BCUT2D eigenvalue weighted by atomic mass is 16.6. The van der Waals surface area contributed by atoms with Crippen molar-refractivity contribution in [3.63, 3.8) is 0 Å². The Hall–Kier alpha value is -2.17. The maximum absolute atomic E-state index is 12.3. The fourth-order valence-corrected chi connectivity index (χ4v) is 3.12. The van der Waals surface area contributed by atoms with Crippen LogP contribution in [0.25, 0.3) is 0 Å². The second-order valence-electron chi connectivity index (χ2n) is 6.86. The van der Waals surface area contributed by atoms with Crippen LogP contribution in [0.1, 0.15) is 46.5 Å². The highest BCUT2D eigenvalue weighted by molar-refractivity contribution is 5.91. The first-order chi connectivity index (χ1) is 11.9. The molecule has 5 heteroatoms. The van der Waals surface area contributed by atoms with Gasteiger partial charge in [-0.05, 0) is 37.8 Å². The molecule has 0 unspecified atom stereocenters. The third kappa shape index (κ3) is 4.47. The van der Waals surface area contributed by atoms with Crippen molar-refractivity contribution in [3.8, 4) is 0 Å². The number of hydrogen-bond donors (Lipinski definition) is 0. The Kier molecular flexibility index (Phi) is 6.34. The van der Waals surface area contributed by atoms with Crippen LogP contribution in [0, 0.1) is 11.8 Å². The van der Waals surface area contributed by atoms with Crippen molar-refractivity contribution in [2.24, 2.45) is 11.8 Å². The Morgan fingerprint density at radius 1 is 1.52 bits per heavy atom. The molecule has 0 radical (unpaired) electrons. The first-order valence-corrected chi connectivity index (χ1v) is 8.79. The SMILES string of the molecule is C=C1C(=O)O[C@@H]2/C=C(/C)CC/C=C(/C=O)C[C@@H](OC(=O)[C@H](C)CC)[C@@H]12. The molecule has 0 aromatic rings. The van der Waals surface area contributed by atoms with Gasteiger partial charge in [0.1, 0.15) is 18.5 Å². The van der Waals surface area contributed by atoms with E-state index >= 15 is 0 Å². The molecule has 0 N–H and O–H groups in total. The van der Waals surface area contributed by atoms with Gasteiger partial charge in [-0.25, -0.2) is 4.79 Å². The van der Waals surface area contributed by atoms with E-state index in [1.54, 1.807) is 6.92 Å². The van der Waals surface area contributed by atoms with Crippen LogP contribution < -0.4 is 0 Å². The van der Waals surface area contributed by atoms with Gasteiger partial charge in [-0.2, -0.15) is 0 Å². The molecule has 25 heavy (non-hydrogen) atoms. The number of fused-ring (bicyclic) bond motifs is 1. The van der Waals surface area contributed by atoms with Crippen LogP contribution in [0.3, 0.4) is 0 Å². The van der Waals surface area contributed by atoms with E-state index in [-0.39, 0.29) is 18.3 Å². The average molecular weight is 346 g/mol. The number of allylic oxidation sites excluding steroid dienone is 2. The van der Waals surface area contributed by atoms with Crippen LogP contribution in [0.4, 0.5) is 0 Å². The summed E-state index contributed by atoms with van der Waals surface area (Å²) in [5.41, 5.74) is 1.93. The van der Waals surface area contributed by atoms with Crippen molar-refractivity contribution >= 4 is 18.2 Å². The second-order valence-corrected chi connectivity index (χ2v) is 6.86.